The van der Waals surface area contributed by atoms with E-state index in [0.717, 1.165) is 0 Å². The predicted molar refractivity (Wildman–Crippen MR) is 111 cm³/mol. The number of nitrogens with one attached hydrogen (secondary N) is 3. The van der Waals surface area contributed by atoms with E-state index in [1.165, 1.54) is 18.6 Å². The van der Waals surface area contributed by atoms with Gasteiger partial charge in [-0.25, -0.2) is 9.78 Å². The Morgan fingerprint density at radius 1 is 1.20 bits per heavy atom. The third-order valence-electron chi connectivity index (χ3n) is 4.76. The maximum Gasteiger partial charge on any atom is 0.319 e. The van der Waals surface area contributed by atoms with Gasteiger partial charge in [0.25, 0.3) is 5.91 Å². The SMILES string of the molecule is O=C(NCC[C@H]1CC[C@H](NC(=O)c2cnccn2)[C@@H](CO)O1)Nc1ccc(Cl)cc1. The highest BCUT2D eigenvalue weighted by Gasteiger charge is 2.32. The number of nitrogens with zero attached hydrogens (tertiary/aromatic N) is 2. The molecule has 3 rings (SSSR count). The van der Waals surface area contributed by atoms with E-state index in [9.17, 15) is 14.7 Å². The van der Waals surface area contributed by atoms with E-state index in [0.29, 0.717) is 36.5 Å². The maximum absolute atomic E-state index is 12.3. The fourth-order valence-electron chi connectivity index (χ4n) is 3.22. The number of rotatable bonds is 7. The molecule has 0 radical (unpaired) electrons. The Morgan fingerprint density at radius 3 is 2.70 bits per heavy atom. The van der Waals surface area contributed by atoms with Gasteiger partial charge in [0.1, 0.15) is 11.8 Å². The number of aliphatic hydroxyl groups excluding tert-OH is 1. The number of urea groups is 1. The van der Waals surface area contributed by atoms with Crippen molar-refractivity contribution in [1.82, 2.24) is 20.6 Å². The van der Waals surface area contributed by atoms with Gasteiger partial charge < -0.3 is 25.8 Å². The monoisotopic (exact) mass is 433 g/mol. The molecule has 9 nitrogen and oxygen atoms in total. The van der Waals surface area contributed by atoms with Gasteiger partial charge in [-0.15, -0.1) is 0 Å². The number of anilines is 1. The Balaban J connectivity index is 1.40. The van der Waals surface area contributed by atoms with E-state index in [4.69, 9.17) is 16.3 Å². The van der Waals surface area contributed by atoms with Crippen molar-refractivity contribution in [1.29, 1.82) is 0 Å². The fourth-order valence-corrected chi connectivity index (χ4v) is 3.35. The summed E-state index contributed by atoms with van der Waals surface area (Å²) in [6.45, 7) is 0.200. The van der Waals surface area contributed by atoms with Crippen LogP contribution < -0.4 is 16.0 Å². The van der Waals surface area contributed by atoms with Gasteiger partial charge in [0.05, 0.1) is 24.9 Å². The van der Waals surface area contributed by atoms with Gasteiger partial charge in [-0.2, -0.15) is 0 Å². The lowest BCUT2D eigenvalue weighted by Crippen LogP contribution is -2.51. The molecule has 10 heteroatoms. The predicted octanol–water partition coefficient (Wildman–Crippen LogP) is 1.98. The number of ether oxygens (including phenoxy) is 1. The lowest BCUT2D eigenvalue weighted by atomic mass is 9.97. The van der Waals surface area contributed by atoms with Gasteiger partial charge in [-0.1, -0.05) is 11.6 Å². The molecule has 3 atom stereocenters. The van der Waals surface area contributed by atoms with E-state index in [1.54, 1.807) is 24.3 Å². The zero-order chi connectivity index (χ0) is 21.3. The lowest BCUT2D eigenvalue weighted by Gasteiger charge is -2.36. The number of aliphatic hydroxyl groups is 1. The minimum Gasteiger partial charge on any atom is -0.394 e. The topological polar surface area (TPSA) is 125 Å². The largest absolute Gasteiger partial charge is 0.394 e. The number of amides is 3. The third kappa shape index (κ3) is 6.38. The van der Waals surface area contributed by atoms with E-state index in [-0.39, 0.29) is 36.4 Å². The van der Waals surface area contributed by atoms with Crippen LogP contribution in [0.25, 0.3) is 0 Å². The Bertz CT molecular complexity index is 837. The number of aromatic nitrogens is 2. The first-order chi connectivity index (χ1) is 14.5. The first kappa shape index (κ1) is 21.9. The molecule has 0 unspecified atom stereocenters. The van der Waals surface area contributed by atoms with Crippen LogP contribution in [0, 0.1) is 0 Å². The molecule has 0 aliphatic carbocycles. The van der Waals surface area contributed by atoms with Gasteiger partial charge >= 0.3 is 6.03 Å². The van der Waals surface area contributed by atoms with Crippen molar-refractivity contribution in [2.75, 3.05) is 18.5 Å². The first-order valence-corrected chi connectivity index (χ1v) is 10.1. The molecule has 3 amide bonds. The molecule has 4 N–H and O–H groups in total. The Kier molecular flexibility index (Phi) is 7.95. The number of halogens is 1. The van der Waals surface area contributed by atoms with Crippen LogP contribution in [-0.2, 0) is 4.74 Å². The van der Waals surface area contributed by atoms with Gasteiger partial charge in [0, 0.05) is 29.6 Å². The second-order valence-corrected chi connectivity index (χ2v) is 7.34. The molecule has 160 valence electrons. The molecule has 0 bridgehead atoms. The molecule has 1 aromatic carbocycles. The minimum atomic E-state index is -0.521. The van der Waals surface area contributed by atoms with Gasteiger partial charge in [0.2, 0.25) is 0 Å². The van der Waals surface area contributed by atoms with Crippen LogP contribution >= 0.6 is 11.6 Å². The average Bonchev–Trinajstić information content (AvgIpc) is 2.77. The van der Waals surface area contributed by atoms with Gasteiger partial charge in [0.15, 0.2) is 0 Å². The van der Waals surface area contributed by atoms with E-state index in [1.807, 2.05) is 0 Å². The average molecular weight is 434 g/mol. The van der Waals surface area contributed by atoms with E-state index >= 15 is 0 Å². The summed E-state index contributed by atoms with van der Waals surface area (Å²) in [6, 6.07) is 6.19. The zero-order valence-corrected chi connectivity index (χ0v) is 17.0. The molecule has 1 aliphatic rings. The molecule has 2 aromatic rings. The van der Waals surface area contributed by atoms with Crippen LogP contribution in [0.4, 0.5) is 10.5 Å². The molecule has 1 aromatic heterocycles. The molecule has 30 heavy (non-hydrogen) atoms. The standard InChI is InChI=1S/C20H24ClN5O4/c21-13-1-3-14(4-2-13)25-20(29)24-8-7-15-5-6-16(18(12-27)30-15)26-19(28)17-11-22-9-10-23-17/h1-4,9-11,15-16,18,27H,5-8,12H2,(H,26,28)(H2,24,25,29)/t15-,16+,18-/m1/s1. The van der Waals surface area contributed by atoms with Crippen LogP contribution in [0.3, 0.4) is 0 Å². The van der Waals surface area contributed by atoms with Crippen molar-refractivity contribution in [3.63, 3.8) is 0 Å². The number of hydrogen-bond acceptors (Lipinski definition) is 6. The smallest absolute Gasteiger partial charge is 0.319 e. The summed E-state index contributed by atoms with van der Waals surface area (Å²) in [7, 11) is 0. The lowest BCUT2D eigenvalue weighted by molar-refractivity contribution is -0.0892. The minimum absolute atomic E-state index is 0.123. The third-order valence-corrected chi connectivity index (χ3v) is 5.01. The first-order valence-electron chi connectivity index (χ1n) is 9.68. The number of carbonyl (C=O) groups excluding carboxylic acids is 2. The van der Waals surface area contributed by atoms with E-state index < -0.39 is 6.10 Å². The van der Waals surface area contributed by atoms with Crippen LogP contribution in [0.5, 0.6) is 0 Å². The summed E-state index contributed by atoms with van der Waals surface area (Å²) in [5, 5.41) is 18.6. The molecule has 0 saturated carbocycles. The number of hydrogen-bond donors (Lipinski definition) is 4. The van der Waals surface area contributed by atoms with Crippen molar-refractivity contribution >= 4 is 29.2 Å². The normalized spacial score (nSPS) is 20.9. The highest BCUT2D eigenvalue weighted by molar-refractivity contribution is 6.30. The molecule has 1 aliphatic heterocycles. The van der Waals surface area contributed by atoms with Crippen LogP contribution in [0.1, 0.15) is 29.8 Å². The molecular weight excluding hydrogens is 410 g/mol. The van der Waals surface area contributed by atoms with Crippen LogP contribution in [0.2, 0.25) is 5.02 Å². The Labute approximate surface area is 179 Å². The summed E-state index contributed by atoms with van der Waals surface area (Å²) >= 11 is 5.82. The summed E-state index contributed by atoms with van der Waals surface area (Å²) in [4.78, 5) is 32.1. The van der Waals surface area contributed by atoms with Crippen molar-refractivity contribution in [2.45, 2.75) is 37.5 Å². The highest BCUT2D eigenvalue weighted by Crippen LogP contribution is 2.22. The quantitative estimate of drug-likeness (QED) is 0.529. The van der Waals surface area contributed by atoms with Gasteiger partial charge in [-0.05, 0) is 43.5 Å². The molecule has 2 heterocycles. The Morgan fingerprint density at radius 2 is 2.00 bits per heavy atom. The van der Waals surface area contributed by atoms with Crippen molar-refractivity contribution < 1.29 is 19.4 Å². The van der Waals surface area contributed by atoms with Gasteiger partial charge in [-0.3, -0.25) is 9.78 Å². The number of benzene rings is 1. The Hall–Kier alpha value is -2.75. The molecular formula is C20H24ClN5O4. The zero-order valence-electron chi connectivity index (χ0n) is 16.3. The highest BCUT2D eigenvalue weighted by atomic mass is 35.5. The maximum atomic E-state index is 12.3. The van der Waals surface area contributed by atoms with E-state index in [2.05, 4.69) is 25.9 Å². The second-order valence-electron chi connectivity index (χ2n) is 6.90. The van der Waals surface area contributed by atoms with Crippen molar-refractivity contribution in [3.8, 4) is 0 Å². The fraction of sp³-hybridized carbons (Fsp3) is 0.400. The second kappa shape index (κ2) is 10.9. The molecule has 0 spiro atoms. The van der Waals surface area contributed by atoms with Crippen LogP contribution in [-0.4, -0.2) is 58.4 Å². The summed E-state index contributed by atoms with van der Waals surface area (Å²) < 4.78 is 5.91. The number of carbonyl (C=O) groups is 2. The summed E-state index contributed by atoms with van der Waals surface area (Å²) in [6.07, 6.45) is 5.62. The van der Waals surface area contributed by atoms with Crippen molar-refractivity contribution in [2.24, 2.45) is 0 Å². The summed E-state index contributed by atoms with van der Waals surface area (Å²) in [5.74, 6) is -0.353. The molecule has 1 saturated heterocycles. The van der Waals surface area contributed by atoms with Crippen LogP contribution in [0.15, 0.2) is 42.9 Å². The molecule has 1 fully saturated rings. The van der Waals surface area contributed by atoms with Crippen molar-refractivity contribution in [3.05, 3.63) is 53.6 Å². The summed E-state index contributed by atoms with van der Waals surface area (Å²) in [5.41, 5.74) is 0.861.